The quantitative estimate of drug-likeness (QED) is 0.323. The summed E-state index contributed by atoms with van der Waals surface area (Å²) in [5.41, 5.74) is -1.30. The summed E-state index contributed by atoms with van der Waals surface area (Å²) in [5, 5.41) is 13.2. The van der Waals surface area contributed by atoms with Gasteiger partial charge in [-0.15, -0.1) is 4.28 Å². The van der Waals surface area contributed by atoms with Crippen LogP contribution in [-0.4, -0.2) is 103 Å². The maximum absolute atomic E-state index is 13.3. The fourth-order valence-electron chi connectivity index (χ4n) is 5.43. The van der Waals surface area contributed by atoms with Gasteiger partial charge in [-0.1, -0.05) is 0 Å². The normalized spacial score (nSPS) is 24.3. The van der Waals surface area contributed by atoms with Crippen LogP contribution in [0.25, 0.3) is 0 Å². The first-order valence-electron chi connectivity index (χ1n) is 13.9. The first-order valence-corrected chi connectivity index (χ1v) is 15.2. The Morgan fingerprint density at radius 1 is 1.14 bits per heavy atom. The number of carbonyl (C=O) groups excluding carboxylic acids is 3. The predicted octanol–water partition coefficient (Wildman–Crippen LogP) is 0.762. The standard InChI is InChI=1S/C25H36N4O13S/c1-5-38-21(31)25(3,4)13-39-43(36,37)42-29-16-6-7-18(28(12-16)22(29)32)20(30)26-15-8-9-27(23(33)34)17(10-15)11-19-14(2)40-24(35)41-19/h15-18H,5-13H2,1-4H3,(H,26,30)(H,33,34)/t15?,16-,17?,18+/m1/s1. The van der Waals surface area contributed by atoms with Gasteiger partial charge in [0.15, 0.2) is 5.76 Å². The largest absolute Gasteiger partial charge is 0.519 e. The first-order chi connectivity index (χ1) is 20.1. The van der Waals surface area contributed by atoms with E-state index in [4.69, 9.17) is 22.0 Å². The Bertz CT molecular complexity index is 1400. The van der Waals surface area contributed by atoms with Crippen molar-refractivity contribution in [3.8, 4) is 0 Å². The minimum atomic E-state index is -4.74. The Labute approximate surface area is 247 Å². The molecule has 2 unspecified atom stereocenters. The Kier molecular flexibility index (Phi) is 9.41. The van der Waals surface area contributed by atoms with Gasteiger partial charge in [0.1, 0.15) is 11.8 Å². The summed E-state index contributed by atoms with van der Waals surface area (Å²) in [5.74, 6) is -1.56. The molecule has 240 valence electrons. The van der Waals surface area contributed by atoms with Gasteiger partial charge in [0, 0.05) is 31.6 Å². The number of nitrogens with one attached hydrogen (secondary N) is 1. The van der Waals surface area contributed by atoms with E-state index in [1.54, 1.807) is 6.92 Å². The molecule has 3 fully saturated rings. The van der Waals surface area contributed by atoms with Crippen LogP contribution < -0.4 is 11.1 Å². The number of nitrogens with zero attached hydrogens (tertiary/aromatic N) is 3. The highest BCUT2D eigenvalue weighted by Crippen LogP contribution is 2.32. The number of carbonyl (C=O) groups is 4. The third kappa shape index (κ3) is 7.30. The second-order valence-electron chi connectivity index (χ2n) is 11.4. The van der Waals surface area contributed by atoms with Gasteiger partial charge in [-0.3, -0.25) is 9.59 Å². The van der Waals surface area contributed by atoms with E-state index in [0.29, 0.717) is 11.5 Å². The van der Waals surface area contributed by atoms with Crippen LogP contribution in [0.1, 0.15) is 58.0 Å². The highest BCUT2D eigenvalue weighted by atomic mass is 32.3. The number of urea groups is 1. The molecule has 0 radical (unpaired) electrons. The van der Waals surface area contributed by atoms with Gasteiger partial charge in [0.05, 0.1) is 24.7 Å². The number of fused-ring (bicyclic) bond motifs is 2. The van der Waals surface area contributed by atoms with Crippen molar-refractivity contribution in [2.24, 2.45) is 5.41 Å². The second kappa shape index (κ2) is 12.5. The molecule has 4 rings (SSSR count). The van der Waals surface area contributed by atoms with Gasteiger partial charge in [-0.05, 0) is 53.4 Å². The van der Waals surface area contributed by atoms with Gasteiger partial charge in [0.2, 0.25) is 5.91 Å². The van der Waals surface area contributed by atoms with Crippen molar-refractivity contribution in [3.05, 3.63) is 22.1 Å². The summed E-state index contributed by atoms with van der Waals surface area (Å²) in [6.07, 6.45) is -0.0329. The van der Waals surface area contributed by atoms with Gasteiger partial charge in [-0.2, -0.15) is 13.5 Å². The zero-order valence-corrected chi connectivity index (χ0v) is 25.1. The van der Waals surface area contributed by atoms with Gasteiger partial charge >= 0.3 is 34.3 Å². The Morgan fingerprint density at radius 2 is 1.86 bits per heavy atom. The number of hydrogen-bond donors (Lipinski definition) is 2. The minimum absolute atomic E-state index is 0.0413. The summed E-state index contributed by atoms with van der Waals surface area (Å²) < 4.78 is 49.7. The van der Waals surface area contributed by atoms with E-state index in [-0.39, 0.29) is 56.9 Å². The molecule has 18 heteroatoms. The highest BCUT2D eigenvalue weighted by Gasteiger charge is 2.50. The van der Waals surface area contributed by atoms with E-state index in [0.717, 1.165) is 0 Å². The lowest BCUT2D eigenvalue weighted by Crippen LogP contribution is -2.56. The van der Waals surface area contributed by atoms with E-state index in [1.165, 1.54) is 30.6 Å². The lowest BCUT2D eigenvalue weighted by atomic mass is 9.93. The summed E-state index contributed by atoms with van der Waals surface area (Å²) >= 11 is 0. The van der Waals surface area contributed by atoms with Crippen LogP contribution in [0.3, 0.4) is 0 Å². The summed E-state index contributed by atoms with van der Waals surface area (Å²) in [6.45, 7) is 5.70. The predicted molar refractivity (Wildman–Crippen MR) is 142 cm³/mol. The van der Waals surface area contributed by atoms with Crippen LogP contribution in [0.5, 0.6) is 0 Å². The topological polar surface area (TPSA) is 215 Å². The lowest BCUT2D eigenvalue weighted by molar-refractivity contribution is -0.155. The van der Waals surface area contributed by atoms with Crippen LogP contribution in [0, 0.1) is 12.3 Å². The molecule has 4 heterocycles. The number of amides is 4. The van der Waals surface area contributed by atoms with Crippen molar-refractivity contribution in [2.75, 3.05) is 26.3 Å². The SMILES string of the molecule is CCOC(=O)C(C)(C)COS(=O)(=O)ON1C(=O)N2C[C@H]1CC[C@H]2C(=O)NC1CCN(C(=O)O)C(Cc2oc(=O)oc2C)C1. The molecular weight excluding hydrogens is 596 g/mol. The van der Waals surface area contributed by atoms with Gasteiger partial charge in [0.25, 0.3) is 0 Å². The van der Waals surface area contributed by atoms with E-state index >= 15 is 0 Å². The fourth-order valence-corrected chi connectivity index (χ4v) is 6.29. The zero-order chi connectivity index (χ0) is 31.7. The molecule has 0 aromatic carbocycles. The number of rotatable bonds is 11. The van der Waals surface area contributed by atoms with Crippen LogP contribution in [-0.2, 0) is 39.6 Å². The minimum Gasteiger partial charge on any atom is -0.466 e. The average molecular weight is 633 g/mol. The fraction of sp³-hybridized carbons (Fsp3) is 0.720. The van der Waals surface area contributed by atoms with E-state index < -0.39 is 76.4 Å². The number of hydrogen-bond acceptors (Lipinski definition) is 12. The molecule has 0 spiro atoms. The highest BCUT2D eigenvalue weighted by molar-refractivity contribution is 7.81. The maximum Gasteiger partial charge on any atom is 0.519 e. The molecule has 0 aliphatic carbocycles. The molecule has 2 bridgehead atoms. The molecule has 1 aromatic rings. The van der Waals surface area contributed by atoms with E-state index in [1.807, 2.05) is 0 Å². The van der Waals surface area contributed by atoms with Crippen molar-refractivity contribution < 1.29 is 54.7 Å². The number of esters is 1. The zero-order valence-electron chi connectivity index (χ0n) is 24.3. The molecule has 4 atom stereocenters. The number of ether oxygens (including phenoxy) is 1. The smallest absolute Gasteiger partial charge is 0.466 e. The Morgan fingerprint density at radius 3 is 2.49 bits per heavy atom. The number of carboxylic acid groups (broad SMARTS) is 1. The third-order valence-corrected chi connectivity index (χ3v) is 8.50. The summed E-state index contributed by atoms with van der Waals surface area (Å²) in [6, 6.07) is -3.43. The summed E-state index contributed by atoms with van der Waals surface area (Å²) in [7, 11) is -4.74. The number of likely N-dealkylation sites (tertiary alicyclic amines) is 1. The second-order valence-corrected chi connectivity index (χ2v) is 12.6. The van der Waals surface area contributed by atoms with Crippen LogP contribution in [0.15, 0.2) is 13.6 Å². The molecule has 43 heavy (non-hydrogen) atoms. The molecule has 4 amide bonds. The monoisotopic (exact) mass is 632 g/mol. The van der Waals surface area contributed by atoms with Crippen molar-refractivity contribution in [2.45, 2.75) is 84.0 Å². The van der Waals surface area contributed by atoms with Crippen LogP contribution >= 0.6 is 0 Å². The Hall–Kier alpha value is -3.64. The number of hydroxylamine groups is 2. The Balaban J connectivity index is 1.36. The van der Waals surface area contributed by atoms with Crippen molar-refractivity contribution in [1.82, 2.24) is 20.2 Å². The molecule has 3 saturated heterocycles. The van der Waals surface area contributed by atoms with Gasteiger partial charge in [-0.25, -0.2) is 18.6 Å². The van der Waals surface area contributed by atoms with Crippen LogP contribution in [0.2, 0.25) is 0 Å². The van der Waals surface area contributed by atoms with Crippen molar-refractivity contribution >= 4 is 34.4 Å². The molecule has 1 aromatic heterocycles. The summed E-state index contributed by atoms with van der Waals surface area (Å²) in [4.78, 5) is 64.1. The number of aryl methyl sites for hydroxylation is 1. The molecule has 17 nitrogen and oxygen atoms in total. The molecule has 2 N–H and O–H groups in total. The van der Waals surface area contributed by atoms with Crippen LogP contribution in [0.4, 0.5) is 9.59 Å². The number of piperidine rings is 2. The third-order valence-electron chi connectivity index (χ3n) is 7.75. The van der Waals surface area contributed by atoms with E-state index in [9.17, 15) is 37.5 Å². The molecule has 3 aliphatic heterocycles. The maximum atomic E-state index is 13.3. The van der Waals surface area contributed by atoms with Crippen molar-refractivity contribution in [3.63, 3.8) is 0 Å². The van der Waals surface area contributed by atoms with Gasteiger partial charge < -0.3 is 33.8 Å². The van der Waals surface area contributed by atoms with E-state index in [2.05, 4.69) is 5.32 Å². The average Bonchev–Trinajstić information content (AvgIpc) is 3.36. The lowest BCUT2D eigenvalue weighted by Gasteiger charge is -2.39. The van der Waals surface area contributed by atoms with Crippen molar-refractivity contribution in [1.29, 1.82) is 0 Å². The molecule has 3 aliphatic rings. The first kappa shape index (κ1) is 32.3. The molecule has 0 saturated carbocycles. The molecular formula is C25H36N4O13S.